The quantitative estimate of drug-likeness (QED) is 0.0654. The standard InChI is InChI=1S/C22H21FN4O2.C22H21FN4O.2C22H22N4O2/c1-12-7-15(11-16(23)8-12)5-4-6-27-18-10-14(3)13(2)9-17(18)24-19-20(27)25-22(29)26-21(19)28;1-13-11-18-19(12-14(13)2)27(10-6-8-16-7-4-5-9-17(16)23)21-20(26-18)22(28)25-15(3)24-21;1-13-6-4-7-16(10-13)8-5-9-26-18-12-15(3)14(2)11-17(18)23-19-20(26)24-22(28)25-21(19)27;1-13-6-8-16(9-7-13)5-4-10-26-18-12-15(3)14(2)11-17(18)23-19-20(26)24-22(28)25-21(19)27/h7-11H,4-6H2,1-3H3,(H,26,28,29);4-5,7,9,11-12H,3,6,8,10H2,1-2H3,(H,25,28);4,6-7,10-12H,5,8-9H2,1-3H3,(H,25,27,28);6-9,11-12H,4-5,10H2,1-3H3,(H,25,27,28). The Morgan fingerprint density at radius 3 is 1.30 bits per heavy atom. The van der Waals surface area contributed by atoms with Crippen LogP contribution in [0.5, 0.6) is 0 Å². The number of halogens is 2. The molecule has 1 aromatic heterocycles. The number of benzene rings is 8. The van der Waals surface area contributed by atoms with Gasteiger partial charge in [-0.3, -0.25) is 34.1 Å². The molecule has 0 saturated heterocycles. The van der Waals surface area contributed by atoms with Gasteiger partial charge in [-0.2, -0.15) is 15.0 Å². The third kappa shape index (κ3) is 17.5. The van der Waals surface area contributed by atoms with Gasteiger partial charge in [-0.15, -0.1) is 0 Å². The Balaban J connectivity index is 0.000000132. The van der Waals surface area contributed by atoms with Crippen molar-refractivity contribution in [2.75, 3.05) is 11.4 Å². The number of rotatable bonds is 16. The van der Waals surface area contributed by atoms with Crippen LogP contribution >= 0.6 is 0 Å². The molecule has 9 aromatic rings. The summed E-state index contributed by atoms with van der Waals surface area (Å²) in [6.45, 7) is 28.3. The molecular formula is C88H86F2N16O7. The number of aryl methyl sites for hydroxylation is 18. The molecule has 8 heterocycles. The molecule has 574 valence electrons. The van der Waals surface area contributed by atoms with Crippen LogP contribution in [0.15, 0.2) is 178 Å². The number of aromatic nitrogens is 14. The highest BCUT2D eigenvalue weighted by molar-refractivity contribution is 5.83. The molecule has 7 aliphatic heterocycles. The monoisotopic (exact) mass is 1520 g/mol. The van der Waals surface area contributed by atoms with Gasteiger partial charge in [0.05, 0.1) is 44.5 Å². The summed E-state index contributed by atoms with van der Waals surface area (Å²) in [5.74, 6) is 1.01. The van der Waals surface area contributed by atoms with Gasteiger partial charge >= 0.3 is 17.1 Å². The Bertz CT molecular complexity index is 6660. The first kappa shape index (κ1) is 77.9. The number of anilines is 2. The van der Waals surface area contributed by atoms with Crippen molar-refractivity contribution in [2.45, 2.75) is 147 Å². The maximum Gasteiger partial charge on any atom is 0.349 e. The summed E-state index contributed by atoms with van der Waals surface area (Å²) in [7, 11) is 0. The highest BCUT2D eigenvalue weighted by Gasteiger charge is 2.26. The van der Waals surface area contributed by atoms with Gasteiger partial charge in [0.1, 0.15) is 17.1 Å². The van der Waals surface area contributed by atoms with E-state index in [1.165, 1.54) is 40.5 Å². The molecule has 0 aliphatic carbocycles. The lowest BCUT2D eigenvalue weighted by atomic mass is 10.0. The zero-order valence-electron chi connectivity index (χ0n) is 65.0. The maximum atomic E-state index is 13.9. The van der Waals surface area contributed by atoms with E-state index >= 15 is 0 Å². The number of nitrogens with one attached hydrogen (secondary N) is 4. The summed E-state index contributed by atoms with van der Waals surface area (Å²) in [4.78, 5) is 131. The van der Waals surface area contributed by atoms with Gasteiger partial charge in [0.15, 0.2) is 45.7 Å². The van der Waals surface area contributed by atoms with Gasteiger partial charge in [-0.1, -0.05) is 90.5 Å². The second-order valence-corrected chi connectivity index (χ2v) is 29.2. The predicted molar refractivity (Wildman–Crippen MR) is 438 cm³/mol. The Labute approximate surface area is 647 Å². The fraction of sp³-hybridized carbons (Fsp3) is 0.261. The summed E-state index contributed by atoms with van der Waals surface area (Å²) in [5.41, 5.74) is 19.7. The minimum Gasteiger partial charge on any atom is -0.322 e. The Morgan fingerprint density at radius 2 is 0.814 bits per heavy atom. The van der Waals surface area contributed by atoms with Gasteiger partial charge in [-0.25, -0.2) is 48.1 Å². The summed E-state index contributed by atoms with van der Waals surface area (Å²) in [6.07, 6.45) is 6.17. The molecule has 0 radical (unpaired) electrons. The summed E-state index contributed by atoms with van der Waals surface area (Å²) in [6, 6.07) is 44.8. The van der Waals surface area contributed by atoms with Gasteiger partial charge in [-0.05, 0) is 267 Å². The Hall–Kier alpha value is -13.2. The molecule has 0 amide bonds. The molecule has 0 bridgehead atoms. The largest absolute Gasteiger partial charge is 0.349 e. The lowest BCUT2D eigenvalue weighted by Gasteiger charge is -2.28. The molecule has 7 aliphatic rings. The lowest BCUT2D eigenvalue weighted by molar-refractivity contribution is 0.604. The van der Waals surface area contributed by atoms with Crippen molar-refractivity contribution >= 4 is 56.9 Å². The molecular weight excluding hydrogens is 1430 g/mol. The van der Waals surface area contributed by atoms with E-state index < -0.39 is 33.7 Å². The highest BCUT2D eigenvalue weighted by Crippen LogP contribution is 2.37. The van der Waals surface area contributed by atoms with E-state index in [4.69, 9.17) is 0 Å². The molecule has 0 atom stereocenters. The van der Waals surface area contributed by atoms with Gasteiger partial charge in [0.2, 0.25) is 0 Å². The Morgan fingerprint density at radius 1 is 0.372 bits per heavy atom. The second kappa shape index (κ2) is 33.2. The van der Waals surface area contributed by atoms with E-state index in [0.29, 0.717) is 85.9 Å². The average molecular weight is 1520 g/mol. The Kier molecular flexibility index (Phi) is 22.9. The normalized spacial score (nSPS) is 11.6. The second-order valence-electron chi connectivity index (χ2n) is 29.2. The van der Waals surface area contributed by atoms with Gasteiger partial charge in [0, 0.05) is 26.2 Å². The minimum atomic E-state index is -0.693. The van der Waals surface area contributed by atoms with Crippen molar-refractivity contribution < 1.29 is 8.78 Å². The van der Waals surface area contributed by atoms with Crippen LogP contribution in [-0.2, 0) is 45.3 Å². The molecule has 0 saturated carbocycles. The van der Waals surface area contributed by atoms with Gasteiger partial charge in [0.25, 0.3) is 22.2 Å². The molecule has 113 heavy (non-hydrogen) atoms. The van der Waals surface area contributed by atoms with E-state index in [9.17, 15) is 42.3 Å². The van der Waals surface area contributed by atoms with Crippen molar-refractivity contribution in [1.82, 2.24) is 68.5 Å². The lowest BCUT2D eigenvalue weighted by Crippen LogP contribution is -2.42. The highest BCUT2D eigenvalue weighted by atomic mass is 19.1. The number of nitrogens with zero attached hydrogens (tertiary/aromatic N) is 12. The van der Waals surface area contributed by atoms with E-state index in [2.05, 4.69) is 147 Å². The number of H-pyrrole nitrogens is 4. The number of aromatic amines is 4. The maximum absolute atomic E-state index is 13.9. The van der Waals surface area contributed by atoms with Crippen LogP contribution in [0.3, 0.4) is 0 Å². The summed E-state index contributed by atoms with van der Waals surface area (Å²) in [5, 5.41) is 0.286. The van der Waals surface area contributed by atoms with E-state index in [1.807, 2.05) is 123 Å². The first-order chi connectivity index (χ1) is 54.1. The van der Waals surface area contributed by atoms with E-state index in [1.54, 1.807) is 12.1 Å². The number of hydrogen-bond acceptors (Lipinski definition) is 16. The topological polar surface area (TPSA) is 303 Å². The molecule has 4 N–H and O–H groups in total. The van der Waals surface area contributed by atoms with Crippen molar-refractivity contribution in [2.24, 2.45) is 4.99 Å². The molecule has 0 fully saturated rings. The predicted octanol–water partition coefficient (Wildman–Crippen LogP) is 12.5. The van der Waals surface area contributed by atoms with Crippen molar-refractivity contribution in [1.29, 1.82) is 0 Å². The fourth-order valence-corrected chi connectivity index (χ4v) is 14.2. The van der Waals surface area contributed by atoms with E-state index in [0.717, 1.165) is 120 Å². The fourth-order valence-electron chi connectivity index (χ4n) is 14.2. The number of hydrogen-bond donors (Lipinski definition) is 4. The van der Waals surface area contributed by atoms with Crippen LogP contribution in [0.4, 0.5) is 26.0 Å². The van der Waals surface area contributed by atoms with Crippen LogP contribution < -0.4 is 55.0 Å². The van der Waals surface area contributed by atoms with Crippen LogP contribution in [0.25, 0.3) is 74.2 Å². The molecule has 16 rings (SSSR count). The third-order valence-electron chi connectivity index (χ3n) is 20.6. The van der Waals surface area contributed by atoms with Gasteiger partial charge < -0.3 is 23.6 Å². The molecule has 23 nitrogen and oxygen atoms in total. The minimum absolute atomic E-state index is 0.141. The van der Waals surface area contributed by atoms with Crippen molar-refractivity contribution in [3.8, 4) is 34.6 Å². The first-order valence-electron chi connectivity index (χ1n) is 37.5. The molecule has 0 unspecified atom stereocenters. The zero-order chi connectivity index (χ0) is 80.2. The SMILES string of the molecule is C=c1nc2c(c(=O)[nH]1)=Nc1cc(C)c(C)cc1N2CCCc1ccccc1F.Cc1cc(F)cc(CCCn2c3nc(=O)[nH]c(=O)c-3nc3cc(C)c(C)cc32)c1.Cc1ccc(CCCn2c3nc(=O)[nH]c(=O)c-3nc3cc(C)c(C)cc32)cc1.Cc1cccc(CCCn2c3nc(=O)[nH]c(=O)c-3nc3cc(C)c(C)cc32)c1. The summed E-state index contributed by atoms with van der Waals surface area (Å²) >= 11 is 0. The molecule has 25 heteroatoms. The first-order valence-corrected chi connectivity index (χ1v) is 37.5. The van der Waals surface area contributed by atoms with Crippen LogP contribution in [0.2, 0.25) is 0 Å². The molecule has 8 aromatic carbocycles. The average Bonchev–Trinajstić information content (AvgIpc) is 0.773. The smallest absolute Gasteiger partial charge is 0.322 e. The number of fused-ring (bicyclic) bond motifs is 8. The third-order valence-corrected chi connectivity index (χ3v) is 20.6. The van der Waals surface area contributed by atoms with Crippen molar-refractivity contribution in [3.05, 3.63) is 318 Å². The van der Waals surface area contributed by atoms with Crippen LogP contribution in [0, 0.1) is 87.8 Å². The zero-order valence-corrected chi connectivity index (χ0v) is 65.0. The summed E-state index contributed by atoms with van der Waals surface area (Å²) < 4.78 is 33.4. The van der Waals surface area contributed by atoms with Crippen LogP contribution in [0.1, 0.15) is 109 Å². The van der Waals surface area contributed by atoms with Crippen LogP contribution in [-0.4, -0.2) is 75.1 Å². The van der Waals surface area contributed by atoms with E-state index in [-0.39, 0.29) is 45.5 Å². The molecule has 0 spiro atoms. The van der Waals surface area contributed by atoms with Crippen molar-refractivity contribution in [3.63, 3.8) is 0 Å².